The fourth-order valence-electron chi connectivity index (χ4n) is 3.83. The molecule has 4 aromatic rings. The van der Waals surface area contributed by atoms with Crippen LogP contribution in [0.5, 0.6) is 0 Å². The quantitative estimate of drug-likeness (QED) is 0.434. The Morgan fingerprint density at radius 3 is 2.48 bits per heavy atom. The third-order valence-electron chi connectivity index (χ3n) is 5.30. The van der Waals surface area contributed by atoms with Gasteiger partial charge >= 0.3 is 5.97 Å². The van der Waals surface area contributed by atoms with Gasteiger partial charge in [-0.1, -0.05) is 54.6 Å². The van der Waals surface area contributed by atoms with Gasteiger partial charge < -0.3 is 4.74 Å². The van der Waals surface area contributed by atoms with Crippen molar-refractivity contribution in [2.45, 2.75) is 26.4 Å². The molecule has 2 aromatic heterocycles. The molecule has 0 fully saturated rings. The number of carbonyl (C=O) groups excluding carboxylic acids is 1. The van der Waals surface area contributed by atoms with Crippen LogP contribution in [-0.2, 0) is 11.3 Å². The fourth-order valence-corrected chi connectivity index (χ4v) is 3.83. The van der Waals surface area contributed by atoms with Gasteiger partial charge in [-0.05, 0) is 43.2 Å². The summed E-state index contributed by atoms with van der Waals surface area (Å²) in [6.07, 6.45) is 1.79. The number of aryl methyl sites for hydroxylation is 1. The highest BCUT2D eigenvalue weighted by Crippen LogP contribution is 2.26. The molecule has 5 heteroatoms. The number of para-hydroxylation sites is 1. The van der Waals surface area contributed by atoms with Crippen molar-refractivity contribution in [1.82, 2.24) is 15.3 Å². The third kappa shape index (κ3) is 4.47. The zero-order valence-corrected chi connectivity index (χ0v) is 17.7. The Morgan fingerprint density at radius 1 is 1.00 bits per heavy atom. The molecule has 0 saturated heterocycles. The number of nitrogens with zero attached hydrogens (tertiary/aromatic N) is 2. The van der Waals surface area contributed by atoms with E-state index in [1.807, 2.05) is 74.5 Å². The fraction of sp³-hybridized carbons (Fsp3) is 0.192. The maximum atomic E-state index is 12.8. The standard InChI is InChI=1S/C26H25N3O2/c1-3-31-26(30)24-18(2)20-13-7-8-14-21(20)29-23(24)17-28-25(19-11-5-4-6-12-19)22-15-9-10-16-27-22/h4-16,25,28H,3,17H2,1-2H3. The highest BCUT2D eigenvalue weighted by molar-refractivity contribution is 5.98. The van der Waals surface area contributed by atoms with Crippen molar-refractivity contribution in [1.29, 1.82) is 0 Å². The minimum atomic E-state index is -0.343. The predicted octanol–water partition coefficient (Wildman–Crippen LogP) is 4.99. The molecular weight excluding hydrogens is 386 g/mol. The molecule has 156 valence electrons. The second-order valence-electron chi connectivity index (χ2n) is 7.28. The summed E-state index contributed by atoms with van der Waals surface area (Å²) in [6, 6.07) is 23.7. The Kier molecular flexibility index (Phi) is 6.34. The summed E-state index contributed by atoms with van der Waals surface area (Å²) in [5, 5.41) is 4.52. The normalized spacial score (nSPS) is 11.9. The van der Waals surface area contributed by atoms with Crippen molar-refractivity contribution in [3.05, 3.63) is 107 Å². The molecule has 1 atom stereocenters. The van der Waals surface area contributed by atoms with Gasteiger partial charge in [0.1, 0.15) is 0 Å². The summed E-state index contributed by atoms with van der Waals surface area (Å²) in [5.74, 6) is -0.343. The van der Waals surface area contributed by atoms with Crippen molar-refractivity contribution < 1.29 is 9.53 Å². The Labute approximate surface area is 182 Å². The summed E-state index contributed by atoms with van der Waals surface area (Å²) >= 11 is 0. The van der Waals surface area contributed by atoms with Crippen molar-refractivity contribution >= 4 is 16.9 Å². The smallest absolute Gasteiger partial charge is 0.340 e. The molecule has 1 N–H and O–H groups in total. The van der Waals surface area contributed by atoms with E-state index in [9.17, 15) is 4.79 Å². The lowest BCUT2D eigenvalue weighted by molar-refractivity contribution is 0.0523. The van der Waals surface area contributed by atoms with Crippen LogP contribution in [0, 0.1) is 6.92 Å². The molecule has 31 heavy (non-hydrogen) atoms. The molecule has 2 heterocycles. The number of ether oxygens (including phenoxy) is 1. The van der Waals surface area contributed by atoms with Gasteiger partial charge in [-0.15, -0.1) is 0 Å². The van der Waals surface area contributed by atoms with E-state index in [0.717, 1.165) is 27.7 Å². The SMILES string of the molecule is CCOC(=O)c1c(CNC(c2ccccc2)c2ccccn2)nc2ccccc2c1C. The Morgan fingerprint density at radius 2 is 1.74 bits per heavy atom. The van der Waals surface area contributed by atoms with Crippen LogP contribution in [0.2, 0.25) is 0 Å². The van der Waals surface area contributed by atoms with Crippen molar-refractivity contribution in [2.75, 3.05) is 6.61 Å². The molecule has 0 bridgehead atoms. The zero-order chi connectivity index (χ0) is 21.6. The number of carbonyl (C=O) groups is 1. The summed E-state index contributed by atoms with van der Waals surface area (Å²) < 4.78 is 5.36. The van der Waals surface area contributed by atoms with E-state index in [0.29, 0.717) is 24.4 Å². The average Bonchev–Trinajstić information content (AvgIpc) is 2.81. The minimum absolute atomic E-state index is 0.133. The number of pyridine rings is 2. The van der Waals surface area contributed by atoms with E-state index < -0.39 is 0 Å². The van der Waals surface area contributed by atoms with Crippen LogP contribution in [0.15, 0.2) is 79.0 Å². The number of nitrogens with one attached hydrogen (secondary N) is 1. The lowest BCUT2D eigenvalue weighted by Crippen LogP contribution is -2.25. The van der Waals surface area contributed by atoms with Gasteiger partial charge in [0.15, 0.2) is 0 Å². The van der Waals surface area contributed by atoms with Gasteiger partial charge in [0.25, 0.3) is 0 Å². The third-order valence-corrected chi connectivity index (χ3v) is 5.30. The lowest BCUT2D eigenvalue weighted by Gasteiger charge is -2.20. The van der Waals surface area contributed by atoms with Crippen LogP contribution in [0.3, 0.4) is 0 Å². The van der Waals surface area contributed by atoms with E-state index in [1.165, 1.54) is 0 Å². The summed E-state index contributed by atoms with van der Waals surface area (Å²) in [5.41, 5.74) is 4.95. The molecule has 5 nitrogen and oxygen atoms in total. The van der Waals surface area contributed by atoms with Gasteiger partial charge in [-0.3, -0.25) is 15.3 Å². The van der Waals surface area contributed by atoms with Crippen molar-refractivity contribution in [3.8, 4) is 0 Å². The predicted molar refractivity (Wildman–Crippen MR) is 122 cm³/mol. The number of esters is 1. The Balaban J connectivity index is 1.74. The number of aromatic nitrogens is 2. The van der Waals surface area contributed by atoms with Crippen LogP contribution < -0.4 is 5.32 Å². The van der Waals surface area contributed by atoms with Crippen LogP contribution in [-0.4, -0.2) is 22.5 Å². The van der Waals surface area contributed by atoms with Crippen LogP contribution >= 0.6 is 0 Å². The molecule has 0 aliphatic carbocycles. The minimum Gasteiger partial charge on any atom is -0.462 e. The van der Waals surface area contributed by atoms with Gasteiger partial charge in [-0.25, -0.2) is 4.79 Å². The topological polar surface area (TPSA) is 64.1 Å². The second-order valence-corrected chi connectivity index (χ2v) is 7.28. The molecular formula is C26H25N3O2. The molecule has 2 aromatic carbocycles. The van der Waals surface area contributed by atoms with Crippen LogP contribution in [0.25, 0.3) is 10.9 Å². The van der Waals surface area contributed by atoms with Crippen LogP contribution in [0.1, 0.15) is 45.8 Å². The maximum absolute atomic E-state index is 12.8. The number of hydrogen-bond acceptors (Lipinski definition) is 5. The van der Waals surface area contributed by atoms with E-state index in [-0.39, 0.29) is 12.0 Å². The number of fused-ring (bicyclic) bond motifs is 1. The summed E-state index contributed by atoms with van der Waals surface area (Å²) in [7, 11) is 0. The molecule has 0 aliphatic rings. The summed E-state index contributed by atoms with van der Waals surface area (Å²) in [4.78, 5) is 22.2. The van der Waals surface area contributed by atoms with Gasteiger partial charge in [0.05, 0.1) is 35.1 Å². The first-order valence-corrected chi connectivity index (χ1v) is 10.4. The average molecular weight is 412 g/mol. The highest BCUT2D eigenvalue weighted by Gasteiger charge is 2.22. The van der Waals surface area contributed by atoms with Gasteiger partial charge in [0, 0.05) is 18.1 Å². The van der Waals surface area contributed by atoms with E-state index in [2.05, 4.69) is 22.4 Å². The second kappa shape index (κ2) is 9.49. The molecule has 0 aliphatic heterocycles. The summed E-state index contributed by atoms with van der Waals surface area (Å²) in [6.45, 7) is 4.48. The zero-order valence-electron chi connectivity index (χ0n) is 17.7. The number of hydrogen-bond donors (Lipinski definition) is 1. The lowest BCUT2D eigenvalue weighted by atomic mass is 10.00. The number of benzene rings is 2. The van der Waals surface area contributed by atoms with E-state index in [1.54, 1.807) is 6.20 Å². The largest absolute Gasteiger partial charge is 0.462 e. The molecule has 1 unspecified atom stereocenters. The molecule has 0 radical (unpaired) electrons. The Bertz CT molecular complexity index is 1140. The van der Waals surface area contributed by atoms with Gasteiger partial charge in [0.2, 0.25) is 0 Å². The monoisotopic (exact) mass is 411 g/mol. The van der Waals surface area contributed by atoms with E-state index >= 15 is 0 Å². The number of rotatable bonds is 7. The van der Waals surface area contributed by atoms with E-state index in [4.69, 9.17) is 9.72 Å². The molecule has 0 saturated carbocycles. The molecule has 0 spiro atoms. The first kappa shape index (κ1) is 20.7. The molecule has 4 rings (SSSR count). The first-order valence-electron chi connectivity index (χ1n) is 10.4. The van der Waals surface area contributed by atoms with Crippen molar-refractivity contribution in [3.63, 3.8) is 0 Å². The van der Waals surface area contributed by atoms with Crippen molar-refractivity contribution in [2.24, 2.45) is 0 Å². The highest BCUT2D eigenvalue weighted by atomic mass is 16.5. The Hall–Kier alpha value is -3.57. The first-order chi connectivity index (χ1) is 15.2. The molecule has 0 amide bonds. The maximum Gasteiger partial charge on any atom is 0.340 e. The van der Waals surface area contributed by atoms with Crippen LogP contribution in [0.4, 0.5) is 0 Å². The van der Waals surface area contributed by atoms with Gasteiger partial charge in [-0.2, -0.15) is 0 Å².